The Morgan fingerprint density at radius 1 is 1.59 bits per heavy atom. The van der Waals surface area contributed by atoms with Crippen LogP contribution in [0, 0.1) is 0 Å². The Kier molecular flexibility index (Phi) is 4.36. The quantitative estimate of drug-likeness (QED) is 0.852. The molecule has 92 valence electrons. The van der Waals surface area contributed by atoms with Crippen LogP contribution in [0.2, 0.25) is 0 Å². The number of nitrogens with zero attached hydrogens (tertiary/aromatic N) is 1. The van der Waals surface area contributed by atoms with E-state index in [2.05, 4.69) is 15.9 Å². The molecule has 1 aliphatic rings. The molecule has 1 atom stereocenters. The Bertz CT molecular complexity index is 430. The van der Waals surface area contributed by atoms with E-state index in [9.17, 15) is 9.90 Å². The van der Waals surface area contributed by atoms with Crippen LogP contribution in [0.1, 0.15) is 17.7 Å². The first-order valence-electron chi connectivity index (χ1n) is 5.55. The average Bonchev–Trinajstić information content (AvgIpc) is 2.72. The third kappa shape index (κ3) is 3.66. The topological polar surface area (TPSA) is 40.5 Å². The summed E-state index contributed by atoms with van der Waals surface area (Å²) in [5.41, 5.74) is 0. The zero-order chi connectivity index (χ0) is 12.3. The van der Waals surface area contributed by atoms with Crippen molar-refractivity contribution >= 4 is 39.2 Å². The number of hydrogen-bond donors (Lipinski definition) is 1. The van der Waals surface area contributed by atoms with Crippen LogP contribution >= 0.6 is 27.3 Å². The second-order valence-corrected chi connectivity index (χ2v) is 6.55. The minimum atomic E-state index is -0.364. The molecule has 0 spiro atoms. The molecule has 1 N–H and O–H groups in total. The van der Waals surface area contributed by atoms with Crippen LogP contribution in [0.4, 0.5) is 0 Å². The Labute approximate surface area is 113 Å². The van der Waals surface area contributed by atoms with Crippen LogP contribution in [-0.2, 0) is 4.79 Å². The number of carbonyl (C=O) groups excluding carboxylic acids is 1. The first kappa shape index (κ1) is 12.8. The van der Waals surface area contributed by atoms with Gasteiger partial charge in [-0.2, -0.15) is 0 Å². The fourth-order valence-electron chi connectivity index (χ4n) is 1.83. The number of aliphatic hydroxyl groups is 1. The minimum absolute atomic E-state index is 0.0201. The van der Waals surface area contributed by atoms with Gasteiger partial charge in [-0.3, -0.25) is 4.79 Å². The van der Waals surface area contributed by atoms with Gasteiger partial charge in [0.05, 0.1) is 9.89 Å². The van der Waals surface area contributed by atoms with E-state index in [1.807, 2.05) is 18.2 Å². The lowest BCUT2D eigenvalue weighted by atomic mass is 10.1. The second kappa shape index (κ2) is 5.80. The molecular formula is C12H14BrNO2S. The van der Waals surface area contributed by atoms with Crippen molar-refractivity contribution in [2.75, 3.05) is 13.1 Å². The van der Waals surface area contributed by atoms with Crippen LogP contribution in [-0.4, -0.2) is 35.1 Å². The van der Waals surface area contributed by atoms with E-state index < -0.39 is 0 Å². The van der Waals surface area contributed by atoms with Gasteiger partial charge in [0, 0.05) is 24.0 Å². The molecule has 5 heteroatoms. The van der Waals surface area contributed by atoms with Gasteiger partial charge < -0.3 is 10.0 Å². The van der Waals surface area contributed by atoms with Gasteiger partial charge in [-0.1, -0.05) is 0 Å². The molecule has 1 aliphatic heterocycles. The van der Waals surface area contributed by atoms with E-state index >= 15 is 0 Å². The lowest BCUT2D eigenvalue weighted by molar-refractivity contribution is -0.128. The Balaban J connectivity index is 1.94. The minimum Gasteiger partial charge on any atom is -0.391 e. The summed E-state index contributed by atoms with van der Waals surface area (Å²) in [6.07, 6.45) is 4.71. The highest BCUT2D eigenvalue weighted by molar-refractivity contribution is 9.11. The van der Waals surface area contributed by atoms with Crippen molar-refractivity contribution < 1.29 is 9.90 Å². The van der Waals surface area contributed by atoms with Gasteiger partial charge >= 0.3 is 0 Å². The number of amides is 1. The van der Waals surface area contributed by atoms with Crippen molar-refractivity contribution in [1.82, 2.24) is 4.90 Å². The van der Waals surface area contributed by atoms with E-state index in [0.717, 1.165) is 28.0 Å². The molecule has 1 saturated heterocycles. The maximum Gasteiger partial charge on any atom is 0.246 e. The number of carbonyl (C=O) groups is 1. The molecule has 0 aliphatic carbocycles. The summed E-state index contributed by atoms with van der Waals surface area (Å²) in [4.78, 5) is 14.6. The third-order valence-electron chi connectivity index (χ3n) is 2.69. The van der Waals surface area contributed by atoms with Crippen molar-refractivity contribution in [2.24, 2.45) is 0 Å². The largest absolute Gasteiger partial charge is 0.391 e. The van der Waals surface area contributed by atoms with Gasteiger partial charge in [0.1, 0.15) is 0 Å². The molecule has 2 rings (SSSR count). The summed E-state index contributed by atoms with van der Waals surface area (Å²) in [5.74, 6) is -0.0201. The highest BCUT2D eigenvalue weighted by Crippen LogP contribution is 2.23. The maximum atomic E-state index is 11.8. The van der Waals surface area contributed by atoms with Gasteiger partial charge in [-0.25, -0.2) is 0 Å². The van der Waals surface area contributed by atoms with Crippen molar-refractivity contribution in [1.29, 1.82) is 0 Å². The number of likely N-dealkylation sites (tertiary alicyclic amines) is 1. The molecule has 1 aromatic heterocycles. The zero-order valence-corrected chi connectivity index (χ0v) is 11.7. The fourth-order valence-corrected chi connectivity index (χ4v) is 3.16. The van der Waals surface area contributed by atoms with Gasteiger partial charge in [-0.15, -0.1) is 11.3 Å². The summed E-state index contributed by atoms with van der Waals surface area (Å²) >= 11 is 4.97. The third-order valence-corrected chi connectivity index (χ3v) is 4.28. The Morgan fingerprint density at radius 2 is 2.41 bits per heavy atom. The standard InChI is InChI=1S/C12H14BrNO2S/c13-11-5-3-10(17-11)4-6-12(16)14-7-1-2-9(15)8-14/h3-6,9,15H,1-2,7-8H2. The normalized spacial score (nSPS) is 21.1. The number of halogens is 1. The van der Waals surface area contributed by atoms with E-state index in [4.69, 9.17) is 0 Å². The molecule has 2 heterocycles. The first-order chi connectivity index (χ1) is 8.15. The fraction of sp³-hybridized carbons (Fsp3) is 0.417. The maximum absolute atomic E-state index is 11.8. The van der Waals surface area contributed by atoms with Crippen LogP contribution in [0.25, 0.3) is 6.08 Å². The summed E-state index contributed by atoms with van der Waals surface area (Å²) < 4.78 is 1.05. The molecule has 0 radical (unpaired) electrons. The number of β-amino-alcohol motifs (C(OH)–C–C–N with tert-alkyl or cyclic N) is 1. The number of piperidine rings is 1. The van der Waals surface area contributed by atoms with Gasteiger partial charge in [-0.05, 0) is 47.0 Å². The van der Waals surface area contributed by atoms with Crippen molar-refractivity contribution in [3.05, 3.63) is 26.9 Å². The molecule has 17 heavy (non-hydrogen) atoms. The lowest BCUT2D eigenvalue weighted by Gasteiger charge is -2.29. The summed E-state index contributed by atoms with van der Waals surface area (Å²) in [7, 11) is 0. The average molecular weight is 316 g/mol. The van der Waals surface area contributed by atoms with Crippen molar-refractivity contribution in [3.8, 4) is 0 Å². The monoisotopic (exact) mass is 315 g/mol. The van der Waals surface area contributed by atoms with Crippen molar-refractivity contribution in [2.45, 2.75) is 18.9 Å². The first-order valence-corrected chi connectivity index (χ1v) is 7.16. The van der Waals surface area contributed by atoms with Crippen LogP contribution < -0.4 is 0 Å². The number of rotatable bonds is 2. The molecule has 1 amide bonds. The number of aliphatic hydroxyl groups excluding tert-OH is 1. The highest BCUT2D eigenvalue weighted by atomic mass is 79.9. The predicted molar refractivity (Wildman–Crippen MR) is 72.9 cm³/mol. The number of hydrogen-bond acceptors (Lipinski definition) is 3. The Morgan fingerprint density at radius 3 is 3.06 bits per heavy atom. The molecular weight excluding hydrogens is 302 g/mol. The Hall–Kier alpha value is -0.650. The predicted octanol–water partition coefficient (Wildman–Crippen LogP) is 2.51. The molecule has 1 fully saturated rings. The molecule has 3 nitrogen and oxygen atoms in total. The van der Waals surface area contributed by atoms with Gasteiger partial charge in [0.25, 0.3) is 0 Å². The van der Waals surface area contributed by atoms with Gasteiger partial charge in [0.2, 0.25) is 5.91 Å². The molecule has 1 aromatic rings. The van der Waals surface area contributed by atoms with Crippen molar-refractivity contribution in [3.63, 3.8) is 0 Å². The summed E-state index contributed by atoms with van der Waals surface area (Å²) in [5, 5.41) is 9.49. The molecule has 1 unspecified atom stereocenters. The summed E-state index contributed by atoms with van der Waals surface area (Å²) in [6, 6.07) is 3.92. The molecule has 0 bridgehead atoms. The zero-order valence-electron chi connectivity index (χ0n) is 9.30. The van der Waals surface area contributed by atoms with E-state index in [0.29, 0.717) is 6.54 Å². The van der Waals surface area contributed by atoms with Crippen LogP contribution in [0.3, 0.4) is 0 Å². The molecule has 0 saturated carbocycles. The second-order valence-electron chi connectivity index (χ2n) is 4.06. The van der Waals surface area contributed by atoms with E-state index in [-0.39, 0.29) is 12.0 Å². The SMILES string of the molecule is O=C(C=Cc1ccc(Br)s1)N1CCCC(O)C1. The summed E-state index contributed by atoms with van der Waals surface area (Å²) in [6.45, 7) is 1.20. The highest BCUT2D eigenvalue weighted by Gasteiger charge is 2.20. The van der Waals surface area contributed by atoms with E-state index in [1.54, 1.807) is 22.3 Å². The van der Waals surface area contributed by atoms with Crippen LogP contribution in [0.15, 0.2) is 22.0 Å². The van der Waals surface area contributed by atoms with Gasteiger partial charge in [0.15, 0.2) is 0 Å². The molecule has 0 aromatic carbocycles. The smallest absolute Gasteiger partial charge is 0.246 e. The lowest BCUT2D eigenvalue weighted by Crippen LogP contribution is -2.41. The van der Waals surface area contributed by atoms with E-state index in [1.165, 1.54) is 0 Å². The number of thiophene rings is 1. The van der Waals surface area contributed by atoms with Crippen LogP contribution in [0.5, 0.6) is 0 Å².